The van der Waals surface area contributed by atoms with Crippen LogP contribution >= 0.6 is 11.3 Å². The molecule has 4 nitrogen and oxygen atoms in total. The van der Waals surface area contributed by atoms with Gasteiger partial charge in [0.2, 0.25) is 0 Å². The van der Waals surface area contributed by atoms with E-state index in [1.165, 1.54) is 10.1 Å². The highest BCUT2D eigenvalue weighted by molar-refractivity contribution is 7.17. The second-order valence-electron chi connectivity index (χ2n) is 3.95. The van der Waals surface area contributed by atoms with Crippen LogP contribution in [0.5, 0.6) is 0 Å². The monoisotopic (exact) mass is 256 g/mol. The van der Waals surface area contributed by atoms with Gasteiger partial charge in [0.1, 0.15) is 11.5 Å². The molecule has 0 aliphatic carbocycles. The molecule has 0 fully saturated rings. The highest BCUT2D eigenvalue weighted by Gasteiger charge is 2.13. The van der Waals surface area contributed by atoms with Crippen LogP contribution in [0, 0.1) is 6.92 Å². The Labute approximate surface area is 109 Å². The van der Waals surface area contributed by atoms with Gasteiger partial charge in [0.05, 0.1) is 0 Å². The fraction of sp³-hybridized carbons (Fsp3) is 0.154. The molecule has 0 unspecified atom stereocenters. The van der Waals surface area contributed by atoms with E-state index in [1.807, 2.05) is 26.1 Å². The minimum Gasteiger partial charge on any atom is -0.371 e. The molecule has 0 saturated carbocycles. The van der Waals surface area contributed by atoms with E-state index in [9.17, 15) is 0 Å². The van der Waals surface area contributed by atoms with Crippen molar-refractivity contribution in [3.05, 3.63) is 35.5 Å². The smallest absolute Gasteiger partial charge is 0.156 e. The van der Waals surface area contributed by atoms with Gasteiger partial charge >= 0.3 is 0 Å². The van der Waals surface area contributed by atoms with Crippen molar-refractivity contribution in [3.8, 4) is 11.3 Å². The Hall–Kier alpha value is -2.01. The number of thiophene rings is 1. The Morgan fingerprint density at radius 1 is 1.17 bits per heavy atom. The van der Waals surface area contributed by atoms with Crippen LogP contribution in [0.3, 0.4) is 0 Å². The Morgan fingerprint density at radius 2 is 2.00 bits per heavy atom. The normalized spacial score (nSPS) is 10.8. The van der Waals surface area contributed by atoms with Gasteiger partial charge in [0.25, 0.3) is 0 Å². The average Bonchev–Trinajstić information content (AvgIpc) is 2.82. The Balaban J connectivity index is 2.26. The van der Waals surface area contributed by atoms with Gasteiger partial charge in [-0.15, -0.1) is 21.5 Å². The van der Waals surface area contributed by atoms with Crippen molar-refractivity contribution >= 4 is 27.2 Å². The lowest BCUT2D eigenvalue weighted by Gasteiger charge is -2.05. The second-order valence-corrected chi connectivity index (χ2v) is 4.86. The molecule has 3 aromatic rings. The minimum atomic E-state index is 0.669. The number of benzene rings is 1. The zero-order valence-corrected chi connectivity index (χ0v) is 11.0. The molecule has 1 N–H and O–H groups in total. The quantitative estimate of drug-likeness (QED) is 0.765. The first-order valence-electron chi connectivity index (χ1n) is 5.65. The average molecular weight is 256 g/mol. The van der Waals surface area contributed by atoms with Crippen LogP contribution in [-0.2, 0) is 0 Å². The molecule has 0 spiro atoms. The summed E-state index contributed by atoms with van der Waals surface area (Å²) in [5.41, 5.74) is 1.89. The molecule has 2 aromatic heterocycles. The van der Waals surface area contributed by atoms with E-state index in [4.69, 9.17) is 0 Å². The van der Waals surface area contributed by atoms with Crippen molar-refractivity contribution in [2.75, 3.05) is 12.4 Å². The van der Waals surface area contributed by atoms with Gasteiger partial charge in [-0.3, -0.25) is 0 Å². The second kappa shape index (κ2) is 4.34. The number of nitrogens with one attached hydrogen (secondary N) is 1. The summed E-state index contributed by atoms with van der Waals surface area (Å²) in [5.74, 6) is 1.44. The number of aromatic nitrogens is 3. The van der Waals surface area contributed by atoms with Crippen molar-refractivity contribution in [1.82, 2.24) is 15.2 Å². The topological polar surface area (TPSA) is 50.7 Å². The number of anilines is 1. The fourth-order valence-corrected chi connectivity index (χ4v) is 2.87. The van der Waals surface area contributed by atoms with Gasteiger partial charge in [0.15, 0.2) is 5.82 Å². The molecule has 0 bridgehead atoms. The number of aryl methyl sites for hydroxylation is 1. The Kier molecular flexibility index (Phi) is 2.68. The van der Waals surface area contributed by atoms with Gasteiger partial charge < -0.3 is 5.32 Å². The van der Waals surface area contributed by atoms with Gasteiger partial charge in [-0.05, 0) is 13.0 Å². The van der Waals surface area contributed by atoms with E-state index in [1.54, 1.807) is 11.3 Å². The van der Waals surface area contributed by atoms with Crippen molar-refractivity contribution in [1.29, 1.82) is 0 Å². The standard InChI is InChI=1S/C13H12N4S/c1-8-15-13(14-2)12(17-16-8)10-7-18-11-6-4-3-5-9(10)11/h3-7H,1-2H3,(H,14,15,16). The Bertz CT molecular complexity index is 705. The predicted octanol–water partition coefficient (Wildman–Crippen LogP) is 3.10. The van der Waals surface area contributed by atoms with Crippen LogP contribution in [0.25, 0.3) is 21.3 Å². The molecule has 3 rings (SSSR count). The number of nitrogens with zero attached hydrogens (tertiary/aromatic N) is 3. The molecule has 18 heavy (non-hydrogen) atoms. The molecule has 0 atom stereocenters. The summed E-state index contributed by atoms with van der Waals surface area (Å²) < 4.78 is 1.25. The van der Waals surface area contributed by atoms with E-state index >= 15 is 0 Å². The number of hydrogen-bond donors (Lipinski definition) is 1. The third kappa shape index (κ3) is 1.73. The summed E-state index contributed by atoms with van der Waals surface area (Å²) in [6.07, 6.45) is 0. The molecule has 0 radical (unpaired) electrons. The van der Waals surface area contributed by atoms with E-state index in [0.29, 0.717) is 5.82 Å². The molecular weight excluding hydrogens is 244 g/mol. The molecule has 1 aromatic carbocycles. The zero-order valence-electron chi connectivity index (χ0n) is 10.1. The highest BCUT2D eigenvalue weighted by Crippen LogP contribution is 2.35. The van der Waals surface area contributed by atoms with Gasteiger partial charge in [0, 0.05) is 28.1 Å². The minimum absolute atomic E-state index is 0.669. The molecule has 5 heteroatoms. The van der Waals surface area contributed by atoms with Crippen LogP contribution < -0.4 is 5.32 Å². The summed E-state index contributed by atoms with van der Waals surface area (Å²) in [4.78, 5) is 4.37. The van der Waals surface area contributed by atoms with E-state index in [0.717, 1.165) is 17.1 Å². The van der Waals surface area contributed by atoms with Crippen LogP contribution in [-0.4, -0.2) is 22.2 Å². The largest absolute Gasteiger partial charge is 0.371 e. The van der Waals surface area contributed by atoms with E-state index in [-0.39, 0.29) is 0 Å². The molecule has 2 heterocycles. The third-order valence-corrected chi connectivity index (χ3v) is 3.73. The summed E-state index contributed by atoms with van der Waals surface area (Å²) in [7, 11) is 1.85. The van der Waals surface area contributed by atoms with Gasteiger partial charge in [-0.25, -0.2) is 4.98 Å². The van der Waals surface area contributed by atoms with Gasteiger partial charge in [-0.2, -0.15) is 0 Å². The lowest BCUT2D eigenvalue weighted by Crippen LogP contribution is -2.02. The summed E-state index contributed by atoms with van der Waals surface area (Å²) in [5, 5.41) is 14.7. The van der Waals surface area contributed by atoms with Crippen LogP contribution in [0.2, 0.25) is 0 Å². The van der Waals surface area contributed by atoms with Crippen LogP contribution in [0.15, 0.2) is 29.6 Å². The van der Waals surface area contributed by atoms with Crippen molar-refractivity contribution in [3.63, 3.8) is 0 Å². The van der Waals surface area contributed by atoms with Crippen molar-refractivity contribution in [2.24, 2.45) is 0 Å². The number of rotatable bonds is 2. The molecule has 0 aliphatic heterocycles. The summed E-state index contributed by atoms with van der Waals surface area (Å²) >= 11 is 1.71. The first kappa shape index (κ1) is 11.1. The maximum atomic E-state index is 4.37. The number of fused-ring (bicyclic) bond motifs is 1. The fourth-order valence-electron chi connectivity index (χ4n) is 1.92. The van der Waals surface area contributed by atoms with Crippen LogP contribution in [0.4, 0.5) is 5.82 Å². The van der Waals surface area contributed by atoms with Gasteiger partial charge in [-0.1, -0.05) is 18.2 Å². The highest BCUT2D eigenvalue weighted by atomic mass is 32.1. The maximum absolute atomic E-state index is 4.37. The Morgan fingerprint density at radius 3 is 2.83 bits per heavy atom. The molecular formula is C13H12N4S. The molecule has 0 saturated heterocycles. The molecule has 0 amide bonds. The number of hydrogen-bond acceptors (Lipinski definition) is 5. The zero-order chi connectivity index (χ0) is 12.5. The third-order valence-electron chi connectivity index (χ3n) is 2.77. The SMILES string of the molecule is CNc1nc(C)nnc1-c1csc2ccccc12. The molecule has 90 valence electrons. The summed E-state index contributed by atoms with van der Waals surface area (Å²) in [6, 6.07) is 8.28. The van der Waals surface area contributed by atoms with Crippen LogP contribution in [0.1, 0.15) is 5.82 Å². The van der Waals surface area contributed by atoms with Crippen molar-refractivity contribution < 1.29 is 0 Å². The van der Waals surface area contributed by atoms with E-state index in [2.05, 4.69) is 38.0 Å². The first-order valence-corrected chi connectivity index (χ1v) is 6.53. The summed E-state index contributed by atoms with van der Waals surface area (Å²) in [6.45, 7) is 1.84. The first-order chi connectivity index (χ1) is 8.79. The lowest BCUT2D eigenvalue weighted by molar-refractivity contribution is 0.917. The lowest BCUT2D eigenvalue weighted by atomic mass is 10.1. The predicted molar refractivity (Wildman–Crippen MR) is 74.9 cm³/mol. The van der Waals surface area contributed by atoms with Crippen molar-refractivity contribution in [2.45, 2.75) is 6.92 Å². The van der Waals surface area contributed by atoms with E-state index < -0.39 is 0 Å². The maximum Gasteiger partial charge on any atom is 0.156 e. The molecule has 0 aliphatic rings.